The third-order valence-corrected chi connectivity index (χ3v) is 4.46. The van der Waals surface area contributed by atoms with Gasteiger partial charge in [0.15, 0.2) is 0 Å². The van der Waals surface area contributed by atoms with Crippen molar-refractivity contribution in [3.8, 4) is 0 Å². The summed E-state index contributed by atoms with van der Waals surface area (Å²) in [6, 6.07) is 10.2. The summed E-state index contributed by atoms with van der Waals surface area (Å²) in [5.74, 6) is 0.0944. The number of anilines is 1. The maximum Gasteiger partial charge on any atom is 0.274 e. The number of hydrogen-bond donors (Lipinski definition) is 0. The zero-order valence-electron chi connectivity index (χ0n) is 12.2. The van der Waals surface area contributed by atoms with Gasteiger partial charge in [0, 0.05) is 29.4 Å². The van der Waals surface area contributed by atoms with Crippen LogP contribution in [0.4, 0.5) is 5.69 Å². The Bertz CT molecular complexity index is 663. The van der Waals surface area contributed by atoms with E-state index in [1.807, 2.05) is 27.8 Å². The van der Waals surface area contributed by atoms with E-state index >= 15 is 0 Å². The van der Waals surface area contributed by atoms with Gasteiger partial charge in [0.1, 0.15) is 5.69 Å². The van der Waals surface area contributed by atoms with Crippen molar-refractivity contribution >= 4 is 27.5 Å². The highest BCUT2D eigenvalue weighted by molar-refractivity contribution is 9.10. The quantitative estimate of drug-likeness (QED) is 0.797. The number of fused-ring (bicyclic) bond motifs is 1. The molecule has 0 saturated heterocycles. The van der Waals surface area contributed by atoms with Crippen LogP contribution in [0.2, 0.25) is 0 Å². The summed E-state index contributed by atoms with van der Waals surface area (Å²) < 4.78 is 2.95. The molecule has 0 N–H and O–H groups in total. The van der Waals surface area contributed by atoms with Crippen LogP contribution in [-0.4, -0.2) is 17.0 Å². The SMILES string of the molecule is CCn1cc(Br)cc1C(=O)N1CCCCc2ccccc21. The van der Waals surface area contributed by atoms with Crippen LogP contribution in [0, 0.1) is 0 Å². The van der Waals surface area contributed by atoms with Crippen molar-refractivity contribution in [2.45, 2.75) is 32.7 Å². The molecule has 1 aliphatic rings. The highest BCUT2D eigenvalue weighted by atomic mass is 79.9. The lowest BCUT2D eigenvalue weighted by molar-refractivity contribution is 0.0978. The van der Waals surface area contributed by atoms with E-state index in [0.717, 1.165) is 48.2 Å². The average molecular weight is 347 g/mol. The zero-order valence-corrected chi connectivity index (χ0v) is 13.8. The maximum atomic E-state index is 13.0. The summed E-state index contributed by atoms with van der Waals surface area (Å²) in [6.07, 6.45) is 5.21. The van der Waals surface area contributed by atoms with Gasteiger partial charge >= 0.3 is 0 Å². The number of amides is 1. The molecule has 2 aromatic rings. The summed E-state index contributed by atoms with van der Waals surface area (Å²) in [4.78, 5) is 14.9. The van der Waals surface area contributed by atoms with Gasteiger partial charge in [-0.25, -0.2) is 0 Å². The van der Waals surface area contributed by atoms with Crippen LogP contribution in [-0.2, 0) is 13.0 Å². The largest absolute Gasteiger partial charge is 0.343 e. The average Bonchev–Trinajstić information content (AvgIpc) is 2.75. The summed E-state index contributed by atoms with van der Waals surface area (Å²) in [6.45, 7) is 3.64. The number of aryl methyl sites for hydroxylation is 2. The summed E-state index contributed by atoms with van der Waals surface area (Å²) >= 11 is 3.47. The van der Waals surface area contributed by atoms with E-state index in [1.54, 1.807) is 0 Å². The molecule has 1 aromatic heterocycles. The molecule has 0 radical (unpaired) electrons. The number of nitrogens with zero attached hydrogens (tertiary/aromatic N) is 2. The van der Waals surface area contributed by atoms with Crippen molar-refractivity contribution in [2.75, 3.05) is 11.4 Å². The summed E-state index contributed by atoms with van der Waals surface area (Å²) in [7, 11) is 0. The second-order valence-corrected chi connectivity index (χ2v) is 6.29. The molecule has 1 amide bonds. The second-order valence-electron chi connectivity index (χ2n) is 5.37. The number of benzene rings is 1. The Morgan fingerprint density at radius 3 is 2.90 bits per heavy atom. The molecular weight excluding hydrogens is 328 g/mol. The van der Waals surface area contributed by atoms with Crippen molar-refractivity contribution in [2.24, 2.45) is 0 Å². The smallest absolute Gasteiger partial charge is 0.274 e. The number of carbonyl (C=O) groups is 1. The van der Waals surface area contributed by atoms with E-state index in [0.29, 0.717) is 0 Å². The van der Waals surface area contributed by atoms with Gasteiger partial charge in [0.2, 0.25) is 0 Å². The van der Waals surface area contributed by atoms with Crippen LogP contribution in [0.25, 0.3) is 0 Å². The fraction of sp³-hybridized carbons (Fsp3) is 0.353. The monoisotopic (exact) mass is 346 g/mol. The predicted molar refractivity (Wildman–Crippen MR) is 88.9 cm³/mol. The fourth-order valence-electron chi connectivity index (χ4n) is 2.96. The van der Waals surface area contributed by atoms with E-state index < -0.39 is 0 Å². The molecule has 4 heteroatoms. The summed E-state index contributed by atoms with van der Waals surface area (Å²) in [5, 5.41) is 0. The van der Waals surface area contributed by atoms with Gasteiger partial charge in [0.25, 0.3) is 5.91 Å². The molecule has 2 heterocycles. The molecule has 0 spiro atoms. The molecular formula is C17H19BrN2O. The van der Waals surface area contributed by atoms with E-state index in [9.17, 15) is 4.79 Å². The van der Waals surface area contributed by atoms with Gasteiger partial charge in [-0.2, -0.15) is 0 Å². The molecule has 0 atom stereocenters. The Labute approximate surface area is 133 Å². The lowest BCUT2D eigenvalue weighted by Crippen LogP contribution is -2.33. The highest BCUT2D eigenvalue weighted by Crippen LogP contribution is 2.28. The van der Waals surface area contributed by atoms with Gasteiger partial charge in [-0.1, -0.05) is 18.2 Å². The number of carbonyl (C=O) groups excluding carboxylic acids is 1. The number of halogens is 1. The molecule has 0 aliphatic carbocycles. The van der Waals surface area contributed by atoms with Gasteiger partial charge in [-0.15, -0.1) is 0 Å². The minimum atomic E-state index is 0.0944. The number of para-hydroxylation sites is 1. The van der Waals surface area contributed by atoms with Crippen LogP contribution < -0.4 is 4.90 Å². The van der Waals surface area contributed by atoms with Crippen molar-refractivity contribution in [1.29, 1.82) is 0 Å². The van der Waals surface area contributed by atoms with Crippen LogP contribution in [0.3, 0.4) is 0 Å². The van der Waals surface area contributed by atoms with Gasteiger partial charge in [0.05, 0.1) is 0 Å². The van der Waals surface area contributed by atoms with Crippen molar-refractivity contribution in [3.05, 3.63) is 52.3 Å². The lowest BCUT2D eigenvalue weighted by Gasteiger charge is -2.23. The minimum absolute atomic E-state index is 0.0944. The third-order valence-electron chi connectivity index (χ3n) is 4.03. The number of aromatic nitrogens is 1. The lowest BCUT2D eigenvalue weighted by atomic mass is 10.1. The molecule has 0 saturated carbocycles. The topological polar surface area (TPSA) is 25.2 Å². The second kappa shape index (κ2) is 6.06. The van der Waals surface area contributed by atoms with Crippen molar-refractivity contribution in [1.82, 2.24) is 4.57 Å². The Morgan fingerprint density at radius 1 is 1.29 bits per heavy atom. The van der Waals surface area contributed by atoms with Gasteiger partial charge in [-0.3, -0.25) is 4.79 Å². The van der Waals surface area contributed by atoms with Gasteiger partial charge in [-0.05, 0) is 59.8 Å². The molecule has 0 bridgehead atoms. The van der Waals surface area contributed by atoms with Crippen LogP contribution in [0.5, 0.6) is 0 Å². The van der Waals surface area contributed by atoms with E-state index in [-0.39, 0.29) is 5.91 Å². The highest BCUT2D eigenvalue weighted by Gasteiger charge is 2.24. The standard InChI is InChI=1S/C17H19BrN2O/c1-2-19-12-14(18)11-16(19)17(21)20-10-6-5-8-13-7-3-4-9-15(13)20/h3-4,7,9,11-12H,2,5-6,8,10H2,1H3. The number of hydrogen-bond acceptors (Lipinski definition) is 1. The molecule has 21 heavy (non-hydrogen) atoms. The predicted octanol–water partition coefficient (Wildman–Crippen LogP) is 4.25. The van der Waals surface area contributed by atoms with E-state index in [4.69, 9.17) is 0 Å². The summed E-state index contributed by atoms with van der Waals surface area (Å²) in [5.41, 5.74) is 3.10. The maximum absolute atomic E-state index is 13.0. The molecule has 1 aromatic carbocycles. The fourth-order valence-corrected chi connectivity index (χ4v) is 3.42. The molecule has 1 aliphatic heterocycles. The first-order valence-corrected chi connectivity index (χ1v) is 8.25. The van der Waals surface area contributed by atoms with Gasteiger partial charge < -0.3 is 9.47 Å². The van der Waals surface area contributed by atoms with E-state index in [1.165, 1.54) is 5.56 Å². The van der Waals surface area contributed by atoms with Crippen molar-refractivity contribution < 1.29 is 4.79 Å². The molecule has 110 valence electrons. The first-order valence-electron chi connectivity index (χ1n) is 7.46. The molecule has 0 unspecified atom stereocenters. The first kappa shape index (κ1) is 14.4. The Morgan fingerprint density at radius 2 is 2.10 bits per heavy atom. The minimum Gasteiger partial charge on any atom is -0.343 e. The van der Waals surface area contributed by atoms with Crippen LogP contribution in [0.15, 0.2) is 41.0 Å². The Kier molecular flexibility index (Phi) is 4.15. The number of rotatable bonds is 2. The van der Waals surface area contributed by atoms with E-state index in [2.05, 4.69) is 41.1 Å². The molecule has 3 rings (SSSR count). The first-order chi connectivity index (χ1) is 10.2. The molecule has 3 nitrogen and oxygen atoms in total. The van der Waals surface area contributed by atoms with Crippen molar-refractivity contribution in [3.63, 3.8) is 0 Å². The zero-order chi connectivity index (χ0) is 14.8. The Hall–Kier alpha value is -1.55. The molecule has 0 fully saturated rings. The third kappa shape index (κ3) is 2.77. The normalized spacial score (nSPS) is 14.7. The van der Waals surface area contributed by atoms with Crippen LogP contribution >= 0.6 is 15.9 Å². The van der Waals surface area contributed by atoms with Crippen LogP contribution in [0.1, 0.15) is 35.8 Å². The Balaban J connectivity index is 2.01.